The van der Waals surface area contributed by atoms with Crippen LogP contribution in [0.3, 0.4) is 0 Å². The molecule has 0 aliphatic rings. The number of carbonyl (C=O) groups excluding carboxylic acids is 1. The van der Waals surface area contributed by atoms with Gasteiger partial charge in [0.2, 0.25) is 0 Å². The number of hydrogen-bond acceptors (Lipinski definition) is 5. The van der Waals surface area contributed by atoms with E-state index in [2.05, 4.69) is 16.3 Å². The molecule has 1 aromatic rings. The van der Waals surface area contributed by atoms with E-state index in [1.165, 1.54) is 7.11 Å². The van der Waals surface area contributed by atoms with E-state index in [0.29, 0.717) is 0 Å². The molecule has 1 atom stereocenters. The first-order valence-corrected chi connectivity index (χ1v) is 6.01. The Morgan fingerprint density at radius 3 is 2.84 bits per heavy atom. The molecule has 0 amide bonds. The van der Waals surface area contributed by atoms with Crippen molar-refractivity contribution in [1.82, 2.24) is 10.0 Å². The Bertz CT molecular complexity index is 460. The van der Waals surface area contributed by atoms with Gasteiger partial charge in [-0.1, -0.05) is 6.58 Å². The first-order chi connectivity index (χ1) is 8.93. The number of hydrogen-bond donors (Lipinski definition) is 0. The number of rotatable bonds is 6. The minimum atomic E-state index is -0.273. The third kappa shape index (κ3) is 4.71. The van der Waals surface area contributed by atoms with Gasteiger partial charge in [0.1, 0.15) is 6.10 Å². The lowest BCUT2D eigenvalue weighted by molar-refractivity contribution is -0.154. The highest BCUT2D eigenvalue weighted by Gasteiger charge is 2.12. The zero-order valence-electron chi connectivity index (χ0n) is 11.8. The lowest BCUT2D eigenvalue weighted by atomic mass is 10.1. The molecule has 0 N–H and O–H groups in total. The average Bonchev–Trinajstić information content (AvgIpc) is 2.38. The van der Waals surface area contributed by atoms with E-state index in [-0.39, 0.29) is 18.5 Å². The molecule has 0 aliphatic heterocycles. The van der Waals surface area contributed by atoms with E-state index in [4.69, 9.17) is 4.84 Å². The number of methoxy groups -OCH3 is 1. The summed E-state index contributed by atoms with van der Waals surface area (Å²) in [6.07, 6.45) is 1.67. The SMILES string of the molecule is C=C(C)N(C)OC(C)c1cc(CC(=O)OC)ccn1. The van der Waals surface area contributed by atoms with Crippen molar-refractivity contribution in [3.63, 3.8) is 0 Å². The zero-order chi connectivity index (χ0) is 14.4. The second-order valence-electron chi connectivity index (χ2n) is 4.32. The Labute approximate surface area is 113 Å². The Hall–Kier alpha value is -1.88. The number of esters is 1. The number of hydroxylamine groups is 2. The summed E-state index contributed by atoms with van der Waals surface area (Å²) in [6, 6.07) is 3.63. The predicted molar refractivity (Wildman–Crippen MR) is 72.0 cm³/mol. The summed E-state index contributed by atoms with van der Waals surface area (Å²) in [5.74, 6) is -0.273. The van der Waals surface area contributed by atoms with Gasteiger partial charge in [-0.05, 0) is 31.5 Å². The number of allylic oxidation sites excluding steroid dienone is 1. The number of carbonyl (C=O) groups is 1. The van der Waals surface area contributed by atoms with E-state index in [0.717, 1.165) is 17.0 Å². The zero-order valence-corrected chi connectivity index (χ0v) is 11.8. The molecule has 0 aliphatic carbocycles. The molecule has 0 aromatic carbocycles. The van der Waals surface area contributed by atoms with Gasteiger partial charge in [-0.15, -0.1) is 0 Å². The third-order valence-corrected chi connectivity index (χ3v) is 2.69. The van der Waals surface area contributed by atoms with Crippen LogP contribution in [0.4, 0.5) is 0 Å². The summed E-state index contributed by atoms with van der Waals surface area (Å²) in [5.41, 5.74) is 2.41. The van der Waals surface area contributed by atoms with Crippen molar-refractivity contribution in [2.75, 3.05) is 14.2 Å². The highest BCUT2D eigenvalue weighted by molar-refractivity contribution is 5.72. The van der Waals surface area contributed by atoms with Gasteiger partial charge >= 0.3 is 5.97 Å². The molecule has 0 saturated carbocycles. The molecule has 19 heavy (non-hydrogen) atoms. The van der Waals surface area contributed by atoms with E-state index >= 15 is 0 Å². The fourth-order valence-corrected chi connectivity index (χ4v) is 1.45. The lowest BCUT2D eigenvalue weighted by Crippen LogP contribution is -2.19. The fraction of sp³-hybridized carbons (Fsp3) is 0.429. The van der Waals surface area contributed by atoms with Crippen molar-refractivity contribution in [3.8, 4) is 0 Å². The average molecular weight is 264 g/mol. The minimum Gasteiger partial charge on any atom is -0.469 e. The van der Waals surface area contributed by atoms with Gasteiger partial charge in [0.25, 0.3) is 0 Å². The topological polar surface area (TPSA) is 51.7 Å². The van der Waals surface area contributed by atoms with Gasteiger partial charge in [-0.2, -0.15) is 0 Å². The Balaban J connectivity index is 2.75. The van der Waals surface area contributed by atoms with E-state index in [1.54, 1.807) is 24.4 Å². The molecule has 0 saturated heterocycles. The molecule has 0 spiro atoms. The van der Waals surface area contributed by atoms with E-state index in [9.17, 15) is 4.79 Å². The maximum Gasteiger partial charge on any atom is 0.309 e. The molecule has 1 heterocycles. The smallest absolute Gasteiger partial charge is 0.309 e. The first kappa shape index (κ1) is 15.2. The number of pyridine rings is 1. The summed E-state index contributed by atoms with van der Waals surface area (Å²) < 4.78 is 4.64. The maximum absolute atomic E-state index is 11.2. The minimum absolute atomic E-state index is 0.223. The number of nitrogens with zero attached hydrogens (tertiary/aromatic N) is 2. The molecule has 5 heteroatoms. The lowest BCUT2D eigenvalue weighted by Gasteiger charge is -2.23. The second-order valence-corrected chi connectivity index (χ2v) is 4.32. The van der Waals surface area contributed by atoms with Crippen molar-refractivity contribution in [1.29, 1.82) is 0 Å². The van der Waals surface area contributed by atoms with Gasteiger partial charge in [-0.3, -0.25) is 19.7 Å². The van der Waals surface area contributed by atoms with Crippen molar-refractivity contribution in [2.24, 2.45) is 0 Å². The summed E-state index contributed by atoms with van der Waals surface area (Å²) in [5, 5.41) is 1.60. The van der Waals surface area contributed by atoms with Crippen LogP contribution in [0.25, 0.3) is 0 Å². The molecule has 0 radical (unpaired) electrons. The maximum atomic E-state index is 11.2. The van der Waals surface area contributed by atoms with Crippen LogP contribution in [-0.4, -0.2) is 30.2 Å². The van der Waals surface area contributed by atoms with Gasteiger partial charge in [0, 0.05) is 18.9 Å². The Kier molecular flexibility index (Phi) is 5.51. The highest BCUT2D eigenvalue weighted by Crippen LogP contribution is 2.18. The quantitative estimate of drug-likeness (QED) is 0.582. The van der Waals surface area contributed by atoms with Crippen molar-refractivity contribution in [3.05, 3.63) is 41.9 Å². The van der Waals surface area contributed by atoms with Crippen LogP contribution >= 0.6 is 0 Å². The second kappa shape index (κ2) is 6.89. The summed E-state index contributed by atoms with van der Waals surface area (Å²) in [6.45, 7) is 7.54. The van der Waals surface area contributed by atoms with Crippen molar-refractivity contribution in [2.45, 2.75) is 26.4 Å². The van der Waals surface area contributed by atoms with Crippen molar-refractivity contribution >= 4 is 5.97 Å². The van der Waals surface area contributed by atoms with E-state index < -0.39 is 0 Å². The highest BCUT2D eigenvalue weighted by atomic mass is 16.7. The third-order valence-electron chi connectivity index (χ3n) is 2.69. The number of aromatic nitrogens is 1. The molecular formula is C14H20N2O3. The molecule has 0 bridgehead atoms. The summed E-state index contributed by atoms with van der Waals surface area (Å²) in [7, 11) is 3.16. The first-order valence-electron chi connectivity index (χ1n) is 6.01. The van der Waals surface area contributed by atoms with Crippen molar-refractivity contribution < 1.29 is 14.4 Å². The standard InChI is InChI=1S/C14H20N2O3/c1-10(2)16(4)19-11(3)13-8-12(6-7-15-13)9-14(17)18-5/h6-8,11H,1,9H2,2-5H3. The van der Waals surface area contributed by atoms with Crippen LogP contribution in [0.1, 0.15) is 31.2 Å². The normalized spacial score (nSPS) is 11.8. The van der Waals surface area contributed by atoms with Gasteiger partial charge < -0.3 is 4.74 Å². The monoisotopic (exact) mass is 264 g/mol. The Morgan fingerprint density at radius 2 is 2.26 bits per heavy atom. The van der Waals surface area contributed by atoms with Gasteiger partial charge in [-0.25, -0.2) is 0 Å². The molecule has 1 unspecified atom stereocenters. The summed E-state index contributed by atoms with van der Waals surface area (Å²) in [4.78, 5) is 21.1. The van der Waals surface area contributed by atoms with Crippen LogP contribution in [0.15, 0.2) is 30.6 Å². The summed E-state index contributed by atoms with van der Waals surface area (Å²) >= 11 is 0. The molecule has 1 aromatic heterocycles. The van der Waals surface area contributed by atoms with E-state index in [1.807, 2.05) is 19.9 Å². The van der Waals surface area contributed by atoms with Crippen LogP contribution < -0.4 is 0 Å². The van der Waals surface area contributed by atoms with Gasteiger partial charge in [0.15, 0.2) is 0 Å². The largest absolute Gasteiger partial charge is 0.469 e. The molecule has 5 nitrogen and oxygen atoms in total. The van der Waals surface area contributed by atoms with Crippen LogP contribution in [0.5, 0.6) is 0 Å². The Morgan fingerprint density at radius 1 is 1.58 bits per heavy atom. The molecule has 104 valence electrons. The fourth-order valence-electron chi connectivity index (χ4n) is 1.45. The molecule has 1 rings (SSSR count). The molecular weight excluding hydrogens is 244 g/mol. The predicted octanol–water partition coefficient (Wildman–Crippen LogP) is 2.26. The van der Waals surface area contributed by atoms with Crippen LogP contribution in [-0.2, 0) is 20.8 Å². The van der Waals surface area contributed by atoms with Crippen LogP contribution in [0.2, 0.25) is 0 Å². The molecule has 0 fully saturated rings. The van der Waals surface area contributed by atoms with Crippen LogP contribution in [0, 0.1) is 0 Å². The van der Waals surface area contributed by atoms with Gasteiger partial charge in [0.05, 0.1) is 19.2 Å². The number of ether oxygens (including phenoxy) is 1.